The van der Waals surface area contributed by atoms with Crippen LogP contribution >= 0.6 is 0 Å². The van der Waals surface area contributed by atoms with Crippen LogP contribution in [0.1, 0.15) is 27.3 Å². The van der Waals surface area contributed by atoms with Crippen molar-refractivity contribution in [1.29, 1.82) is 0 Å². The van der Waals surface area contributed by atoms with Crippen molar-refractivity contribution >= 4 is 5.91 Å². The van der Waals surface area contributed by atoms with Crippen molar-refractivity contribution in [3.05, 3.63) is 65.0 Å². The van der Waals surface area contributed by atoms with Crippen molar-refractivity contribution in [3.63, 3.8) is 0 Å². The molecule has 1 aromatic heterocycles. The molecular formula is C17H20N2O2. The summed E-state index contributed by atoms with van der Waals surface area (Å²) in [6.45, 7) is 3.60. The van der Waals surface area contributed by atoms with Crippen LogP contribution in [0.4, 0.5) is 0 Å². The van der Waals surface area contributed by atoms with E-state index in [-0.39, 0.29) is 18.6 Å². The van der Waals surface area contributed by atoms with Crippen LogP contribution in [-0.4, -0.2) is 28.6 Å². The number of rotatable bonds is 5. The van der Waals surface area contributed by atoms with E-state index in [1.807, 2.05) is 50.2 Å². The Balaban J connectivity index is 2.06. The molecule has 2 rings (SSSR count). The van der Waals surface area contributed by atoms with Crippen LogP contribution in [0.15, 0.2) is 42.5 Å². The summed E-state index contributed by atoms with van der Waals surface area (Å²) in [6.07, 6.45) is 0.599. The highest BCUT2D eigenvalue weighted by molar-refractivity contribution is 5.95. The summed E-state index contributed by atoms with van der Waals surface area (Å²) >= 11 is 0. The smallest absolute Gasteiger partial charge is 0.253 e. The van der Waals surface area contributed by atoms with Crippen molar-refractivity contribution in [1.82, 2.24) is 10.3 Å². The number of hydrogen-bond donors (Lipinski definition) is 2. The zero-order chi connectivity index (χ0) is 15.2. The molecule has 2 N–H and O–H groups in total. The van der Waals surface area contributed by atoms with E-state index in [1.54, 1.807) is 6.07 Å². The number of aromatic nitrogens is 1. The summed E-state index contributed by atoms with van der Waals surface area (Å²) in [6, 6.07) is 13.1. The number of hydrogen-bond acceptors (Lipinski definition) is 3. The highest BCUT2D eigenvalue weighted by Gasteiger charge is 2.15. The highest BCUT2D eigenvalue weighted by Crippen LogP contribution is 2.08. The molecule has 0 saturated heterocycles. The van der Waals surface area contributed by atoms with Gasteiger partial charge in [0.05, 0.1) is 23.9 Å². The number of amides is 1. The highest BCUT2D eigenvalue weighted by atomic mass is 16.3. The molecule has 2 aromatic rings. The van der Waals surface area contributed by atoms with Gasteiger partial charge in [-0.15, -0.1) is 0 Å². The molecule has 1 heterocycles. The van der Waals surface area contributed by atoms with Gasteiger partial charge in [-0.1, -0.05) is 30.3 Å². The molecule has 1 atom stereocenters. The van der Waals surface area contributed by atoms with Crippen LogP contribution in [0.2, 0.25) is 0 Å². The SMILES string of the molecule is Cc1ccc(C(=O)N[C@H](CO)Cc2ccccc2)c(C)n1. The van der Waals surface area contributed by atoms with Gasteiger partial charge in [-0.3, -0.25) is 9.78 Å². The van der Waals surface area contributed by atoms with Crippen molar-refractivity contribution in [2.45, 2.75) is 26.3 Å². The van der Waals surface area contributed by atoms with Gasteiger partial charge in [-0.2, -0.15) is 0 Å². The van der Waals surface area contributed by atoms with Crippen molar-refractivity contribution < 1.29 is 9.90 Å². The number of carbonyl (C=O) groups excluding carboxylic acids is 1. The molecular weight excluding hydrogens is 264 g/mol. The summed E-state index contributed by atoms with van der Waals surface area (Å²) < 4.78 is 0. The van der Waals surface area contributed by atoms with E-state index in [0.29, 0.717) is 17.7 Å². The summed E-state index contributed by atoms with van der Waals surface area (Å²) in [4.78, 5) is 16.6. The van der Waals surface area contributed by atoms with Crippen molar-refractivity contribution in [2.24, 2.45) is 0 Å². The van der Waals surface area contributed by atoms with E-state index in [1.165, 1.54) is 0 Å². The molecule has 0 aliphatic rings. The Bertz CT molecular complexity index is 611. The van der Waals surface area contributed by atoms with E-state index >= 15 is 0 Å². The Morgan fingerprint density at radius 2 is 1.90 bits per heavy atom. The van der Waals surface area contributed by atoms with Crippen LogP contribution < -0.4 is 5.32 Å². The Morgan fingerprint density at radius 1 is 1.19 bits per heavy atom. The first-order valence-corrected chi connectivity index (χ1v) is 7.00. The molecule has 0 fully saturated rings. The standard InChI is InChI=1S/C17H20N2O2/c1-12-8-9-16(13(2)18-12)17(21)19-15(11-20)10-14-6-4-3-5-7-14/h3-9,15,20H,10-11H2,1-2H3,(H,19,21)/t15-/m0/s1. The number of carbonyl (C=O) groups is 1. The normalized spacial score (nSPS) is 12.0. The first-order chi connectivity index (χ1) is 10.1. The van der Waals surface area contributed by atoms with Gasteiger partial charge in [-0.05, 0) is 38.0 Å². The van der Waals surface area contributed by atoms with Crippen LogP contribution in [0, 0.1) is 13.8 Å². The molecule has 0 spiro atoms. The minimum absolute atomic E-state index is 0.0982. The lowest BCUT2D eigenvalue weighted by molar-refractivity contribution is 0.0915. The molecule has 0 aliphatic carbocycles. The van der Waals surface area contributed by atoms with E-state index in [4.69, 9.17) is 0 Å². The fraction of sp³-hybridized carbons (Fsp3) is 0.294. The second-order valence-electron chi connectivity index (χ2n) is 5.13. The van der Waals surface area contributed by atoms with Gasteiger partial charge in [0.25, 0.3) is 5.91 Å². The molecule has 0 aliphatic heterocycles. The van der Waals surface area contributed by atoms with Crippen molar-refractivity contribution in [2.75, 3.05) is 6.61 Å². The van der Waals surface area contributed by atoms with Crippen LogP contribution in [0.5, 0.6) is 0 Å². The maximum Gasteiger partial charge on any atom is 0.253 e. The molecule has 0 bridgehead atoms. The van der Waals surface area contributed by atoms with Crippen LogP contribution in [-0.2, 0) is 6.42 Å². The number of benzene rings is 1. The quantitative estimate of drug-likeness (QED) is 0.883. The lowest BCUT2D eigenvalue weighted by Gasteiger charge is -2.17. The molecule has 1 aromatic carbocycles. The van der Waals surface area contributed by atoms with Gasteiger partial charge < -0.3 is 10.4 Å². The van der Waals surface area contributed by atoms with Crippen LogP contribution in [0.3, 0.4) is 0 Å². The van der Waals surface area contributed by atoms with Gasteiger partial charge in [0.15, 0.2) is 0 Å². The number of nitrogens with one attached hydrogen (secondary N) is 1. The Morgan fingerprint density at radius 3 is 2.52 bits per heavy atom. The predicted octanol–water partition coefficient (Wildman–Crippen LogP) is 2.03. The summed E-state index contributed by atoms with van der Waals surface area (Å²) in [7, 11) is 0. The number of aliphatic hydroxyl groups is 1. The third kappa shape index (κ3) is 4.13. The molecule has 1 amide bonds. The molecule has 0 unspecified atom stereocenters. The monoisotopic (exact) mass is 284 g/mol. The van der Waals surface area contributed by atoms with E-state index in [2.05, 4.69) is 10.3 Å². The van der Waals surface area contributed by atoms with E-state index in [0.717, 1.165) is 11.3 Å². The third-order valence-electron chi connectivity index (χ3n) is 3.35. The fourth-order valence-electron chi connectivity index (χ4n) is 2.25. The number of aliphatic hydroxyl groups excluding tert-OH is 1. The minimum atomic E-state index is -0.305. The van der Waals surface area contributed by atoms with E-state index in [9.17, 15) is 9.90 Å². The number of aryl methyl sites for hydroxylation is 2. The lowest BCUT2D eigenvalue weighted by atomic mass is 10.1. The van der Waals surface area contributed by atoms with E-state index < -0.39 is 0 Å². The zero-order valence-electron chi connectivity index (χ0n) is 12.3. The third-order valence-corrected chi connectivity index (χ3v) is 3.35. The largest absolute Gasteiger partial charge is 0.394 e. The van der Waals surface area contributed by atoms with Crippen LogP contribution in [0.25, 0.3) is 0 Å². The van der Waals surface area contributed by atoms with Gasteiger partial charge in [0.1, 0.15) is 0 Å². The Hall–Kier alpha value is -2.20. The predicted molar refractivity (Wildman–Crippen MR) is 82.2 cm³/mol. The van der Waals surface area contributed by atoms with Crippen molar-refractivity contribution in [3.8, 4) is 0 Å². The maximum absolute atomic E-state index is 12.3. The first-order valence-electron chi connectivity index (χ1n) is 7.00. The molecule has 4 nitrogen and oxygen atoms in total. The second-order valence-corrected chi connectivity index (χ2v) is 5.13. The average molecular weight is 284 g/mol. The zero-order valence-corrected chi connectivity index (χ0v) is 12.3. The fourth-order valence-corrected chi connectivity index (χ4v) is 2.25. The van der Waals surface area contributed by atoms with Gasteiger partial charge in [0, 0.05) is 5.69 Å². The molecule has 110 valence electrons. The molecule has 21 heavy (non-hydrogen) atoms. The first kappa shape index (κ1) is 15.2. The Kier molecular flexibility index (Phi) is 5.06. The topological polar surface area (TPSA) is 62.2 Å². The molecule has 0 saturated carbocycles. The summed E-state index contributed by atoms with van der Waals surface area (Å²) in [5.74, 6) is -0.199. The average Bonchev–Trinajstić information content (AvgIpc) is 2.47. The number of nitrogens with zero attached hydrogens (tertiary/aromatic N) is 1. The minimum Gasteiger partial charge on any atom is -0.394 e. The van der Waals surface area contributed by atoms with Gasteiger partial charge in [-0.25, -0.2) is 0 Å². The molecule has 4 heteroatoms. The molecule has 0 radical (unpaired) electrons. The number of pyridine rings is 1. The van der Waals surface area contributed by atoms with Gasteiger partial charge >= 0.3 is 0 Å². The summed E-state index contributed by atoms with van der Waals surface area (Å²) in [5, 5.41) is 12.3. The Labute approximate surface area is 124 Å². The lowest BCUT2D eigenvalue weighted by Crippen LogP contribution is -2.39. The maximum atomic E-state index is 12.3. The second kappa shape index (κ2) is 6.99. The van der Waals surface area contributed by atoms with Gasteiger partial charge in [0.2, 0.25) is 0 Å². The summed E-state index contributed by atoms with van der Waals surface area (Å²) in [5.41, 5.74) is 3.21.